The van der Waals surface area contributed by atoms with Gasteiger partial charge in [0.15, 0.2) is 6.10 Å². The second kappa shape index (κ2) is 8.46. The van der Waals surface area contributed by atoms with Gasteiger partial charge in [0.25, 0.3) is 5.91 Å². The Kier molecular flexibility index (Phi) is 6.04. The van der Waals surface area contributed by atoms with Gasteiger partial charge < -0.3 is 18.6 Å². The maximum atomic E-state index is 12.7. The molecule has 1 aliphatic heterocycles. The highest BCUT2D eigenvalue weighted by atomic mass is 16.5. The van der Waals surface area contributed by atoms with E-state index in [1.807, 2.05) is 41.5 Å². The molecule has 3 heterocycles. The largest absolute Gasteiger partial charge is 0.467 e. The minimum absolute atomic E-state index is 0.102. The number of hydrogen-bond acceptors (Lipinski definition) is 4. The Labute approximate surface area is 160 Å². The van der Waals surface area contributed by atoms with Crippen molar-refractivity contribution in [1.29, 1.82) is 0 Å². The van der Waals surface area contributed by atoms with Gasteiger partial charge in [0.2, 0.25) is 0 Å². The number of amides is 1. The summed E-state index contributed by atoms with van der Waals surface area (Å²) in [5, 5.41) is 0. The van der Waals surface area contributed by atoms with E-state index in [-0.39, 0.29) is 5.91 Å². The number of hydrogen-bond donors (Lipinski definition) is 0. The number of ether oxygens (including phenoxy) is 1. The standard InChI is InChI=1S/C21H28N2O4/c1-15-13-19(16(2)23(15)14-18-9-8-12-26-18)21(25)27-17(3)20(24)22-10-6-4-5-7-11-22/h8-9,12-13,17H,4-7,10-11,14H2,1-3H3. The molecule has 0 saturated carbocycles. The summed E-state index contributed by atoms with van der Waals surface area (Å²) in [5.74, 6) is 0.264. The van der Waals surface area contributed by atoms with Gasteiger partial charge in [-0.3, -0.25) is 4.79 Å². The second-order valence-electron chi connectivity index (χ2n) is 7.24. The fourth-order valence-electron chi connectivity index (χ4n) is 3.63. The van der Waals surface area contributed by atoms with Gasteiger partial charge in [-0.1, -0.05) is 12.8 Å². The first kappa shape index (κ1) is 19.3. The molecule has 6 heteroatoms. The smallest absolute Gasteiger partial charge is 0.340 e. The predicted molar refractivity (Wildman–Crippen MR) is 102 cm³/mol. The van der Waals surface area contributed by atoms with Crippen molar-refractivity contribution in [2.75, 3.05) is 13.1 Å². The van der Waals surface area contributed by atoms with E-state index in [1.54, 1.807) is 13.2 Å². The minimum Gasteiger partial charge on any atom is -0.467 e. The Bertz CT molecular complexity index is 783. The van der Waals surface area contributed by atoms with Crippen LogP contribution in [0.5, 0.6) is 0 Å². The molecule has 3 rings (SSSR count). The SMILES string of the molecule is Cc1cc(C(=O)OC(C)C(=O)N2CCCCCC2)c(C)n1Cc1ccco1. The molecule has 1 atom stereocenters. The molecule has 27 heavy (non-hydrogen) atoms. The molecule has 0 radical (unpaired) electrons. The average molecular weight is 372 g/mol. The third-order valence-electron chi connectivity index (χ3n) is 5.24. The van der Waals surface area contributed by atoms with Crippen molar-refractivity contribution in [2.45, 2.75) is 59.1 Å². The Hall–Kier alpha value is -2.50. The molecule has 0 aromatic carbocycles. The fraction of sp³-hybridized carbons (Fsp3) is 0.524. The zero-order valence-electron chi connectivity index (χ0n) is 16.4. The lowest BCUT2D eigenvalue weighted by atomic mass is 10.2. The molecule has 1 amide bonds. The Morgan fingerprint density at radius 2 is 1.89 bits per heavy atom. The highest BCUT2D eigenvalue weighted by molar-refractivity contribution is 5.93. The number of furan rings is 1. The van der Waals surface area contributed by atoms with Gasteiger partial charge in [-0.2, -0.15) is 0 Å². The zero-order chi connectivity index (χ0) is 19.4. The van der Waals surface area contributed by atoms with Gasteiger partial charge in [0.05, 0.1) is 18.4 Å². The van der Waals surface area contributed by atoms with Gasteiger partial charge in [-0.25, -0.2) is 4.79 Å². The summed E-state index contributed by atoms with van der Waals surface area (Å²) >= 11 is 0. The fourth-order valence-corrected chi connectivity index (χ4v) is 3.63. The van der Waals surface area contributed by atoms with E-state index >= 15 is 0 Å². The van der Waals surface area contributed by atoms with E-state index < -0.39 is 12.1 Å². The lowest BCUT2D eigenvalue weighted by molar-refractivity contribution is -0.139. The zero-order valence-corrected chi connectivity index (χ0v) is 16.4. The molecule has 0 spiro atoms. The van der Waals surface area contributed by atoms with Crippen molar-refractivity contribution in [2.24, 2.45) is 0 Å². The molecule has 1 fully saturated rings. The molecule has 2 aromatic rings. The van der Waals surface area contributed by atoms with E-state index in [0.29, 0.717) is 12.1 Å². The molecule has 0 aliphatic carbocycles. The lowest BCUT2D eigenvalue weighted by Crippen LogP contribution is -2.40. The Balaban J connectivity index is 1.67. The van der Waals surface area contributed by atoms with Crippen LogP contribution in [0.3, 0.4) is 0 Å². The van der Waals surface area contributed by atoms with E-state index in [4.69, 9.17) is 9.15 Å². The van der Waals surface area contributed by atoms with Gasteiger partial charge >= 0.3 is 5.97 Å². The van der Waals surface area contributed by atoms with Crippen molar-refractivity contribution in [1.82, 2.24) is 9.47 Å². The van der Waals surface area contributed by atoms with Crippen LogP contribution < -0.4 is 0 Å². The van der Waals surface area contributed by atoms with Crippen molar-refractivity contribution in [3.63, 3.8) is 0 Å². The van der Waals surface area contributed by atoms with Gasteiger partial charge in [-0.05, 0) is 51.8 Å². The van der Waals surface area contributed by atoms with Gasteiger partial charge in [0, 0.05) is 24.5 Å². The highest BCUT2D eigenvalue weighted by Crippen LogP contribution is 2.19. The van der Waals surface area contributed by atoms with E-state index in [0.717, 1.165) is 55.9 Å². The number of rotatable bonds is 5. The summed E-state index contributed by atoms with van der Waals surface area (Å²) < 4.78 is 12.9. The first-order chi connectivity index (χ1) is 13.0. The van der Waals surface area contributed by atoms with E-state index in [9.17, 15) is 9.59 Å². The summed E-state index contributed by atoms with van der Waals surface area (Å²) in [6, 6.07) is 5.55. The number of likely N-dealkylation sites (tertiary alicyclic amines) is 1. The molecular weight excluding hydrogens is 344 g/mol. The minimum atomic E-state index is -0.774. The first-order valence-corrected chi connectivity index (χ1v) is 9.66. The van der Waals surface area contributed by atoms with E-state index in [2.05, 4.69) is 0 Å². The van der Waals surface area contributed by atoms with Crippen LogP contribution in [0, 0.1) is 13.8 Å². The van der Waals surface area contributed by atoms with Crippen molar-refractivity contribution in [3.8, 4) is 0 Å². The van der Waals surface area contributed by atoms with Crippen LogP contribution in [0.4, 0.5) is 0 Å². The van der Waals surface area contributed by atoms with Crippen LogP contribution in [-0.2, 0) is 16.1 Å². The normalized spacial score (nSPS) is 16.0. The number of aromatic nitrogens is 1. The summed E-state index contributed by atoms with van der Waals surface area (Å²) in [6.07, 6.45) is 5.19. The summed E-state index contributed by atoms with van der Waals surface area (Å²) in [6.45, 7) is 7.54. The summed E-state index contributed by atoms with van der Waals surface area (Å²) in [7, 11) is 0. The Morgan fingerprint density at radius 3 is 2.52 bits per heavy atom. The third-order valence-corrected chi connectivity index (χ3v) is 5.24. The highest BCUT2D eigenvalue weighted by Gasteiger charge is 2.26. The molecule has 0 bridgehead atoms. The molecular formula is C21H28N2O4. The van der Waals surface area contributed by atoms with Gasteiger partial charge in [-0.15, -0.1) is 0 Å². The van der Waals surface area contributed by atoms with E-state index in [1.165, 1.54) is 0 Å². The number of carbonyl (C=O) groups excluding carboxylic acids is 2. The molecule has 1 saturated heterocycles. The molecule has 1 aliphatic rings. The van der Waals surface area contributed by atoms with Crippen LogP contribution in [0.25, 0.3) is 0 Å². The maximum Gasteiger partial charge on any atom is 0.340 e. The van der Waals surface area contributed by atoms with Crippen molar-refractivity contribution < 1.29 is 18.7 Å². The predicted octanol–water partition coefficient (Wildman–Crippen LogP) is 3.69. The molecule has 0 N–H and O–H groups in total. The first-order valence-electron chi connectivity index (χ1n) is 9.66. The Morgan fingerprint density at radius 1 is 1.19 bits per heavy atom. The number of aryl methyl sites for hydroxylation is 1. The lowest BCUT2D eigenvalue weighted by Gasteiger charge is -2.24. The number of nitrogens with zero attached hydrogens (tertiary/aromatic N) is 2. The molecule has 1 unspecified atom stereocenters. The van der Waals surface area contributed by atoms with Crippen LogP contribution in [0.1, 0.15) is 60.1 Å². The van der Waals surface area contributed by atoms with Crippen LogP contribution >= 0.6 is 0 Å². The molecule has 2 aromatic heterocycles. The van der Waals surface area contributed by atoms with Crippen LogP contribution in [0.2, 0.25) is 0 Å². The second-order valence-corrected chi connectivity index (χ2v) is 7.24. The average Bonchev–Trinajstić information content (AvgIpc) is 3.15. The maximum absolute atomic E-state index is 12.7. The number of esters is 1. The van der Waals surface area contributed by atoms with Crippen molar-refractivity contribution >= 4 is 11.9 Å². The topological polar surface area (TPSA) is 64.7 Å². The summed E-state index contributed by atoms with van der Waals surface area (Å²) in [4.78, 5) is 27.1. The quantitative estimate of drug-likeness (QED) is 0.751. The monoisotopic (exact) mass is 372 g/mol. The van der Waals surface area contributed by atoms with Crippen LogP contribution in [-0.4, -0.2) is 40.5 Å². The summed E-state index contributed by atoms with van der Waals surface area (Å²) in [5.41, 5.74) is 2.25. The third kappa shape index (κ3) is 4.43. The number of carbonyl (C=O) groups is 2. The molecule has 6 nitrogen and oxygen atoms in total. The van der Waals surface area contributed by atoms with Gasteiger partial charge in [0.1, 0.15) is 5.76 Å². The molecule has 146 valence electrons. The van der Waals surface area contributed by atoms with Crippen molar-refractivity contribution in [3.05, 3.63) is 47.2 Å². The van der Waals surface area contributed by atoms with Crippen LogP contribution in [0.15, 0.2) is 28.9 Å².